The molecule has 18 heavy (non-hydrogen) atoms. The summed E-state index contributed by atoms with van der Waals surface area (Å²) in [6, 6.07) is 8.71. The molecule has 4 heteroatoms. The number of hydrogen-bond donors (Lipinski definition) is 1. The van der Waals surface area contributed by atoms with Crippen molar-refractivity contribution in [3.05, 3.63) is 46.2 Å². The van der Waals surface area contributed by atoms with Crippen molar-refractivity contribution < 1.29 is 0 Å². The summed E-state index contributed by atoms with van der Waals surface area (Å²) >= 11 is 3.51. The molecule has 1 aliphatic carbocycles. The zero-order valence-corrected chi connectivity index (χ0v) is 11.9. The molecule has 94 valence electrons. The van der Waals surface area contributed by atoms with Gasteiger partial charge in [0, 0.05) is 28.5 Å². The quantitative estimate of drug-likeness (QED) is 0.917. The summed E-state index contributed by atoms with van der Waals surface area (Å²) < 4.78 is 3.11. The van der Waals surface area contributed by atoms with E-state index < -0.39 is 0 Å². The van der Waals surface area contributed by atoms with Crippen molar-refractivity contribution in [1.29, 1.82) is 0 Å². The highest BCUT2D eigenvalue weighted by molar-refractivity contribution is 9.10. The van der Waals surface area contributed by atoms with E-state index in [0.717, 1.165) is 16.6 Å². The molecular weight excluding hydrogens is 290 g/mol. The molecule has 1 aromatic heterocycles. The maximum Gasteiger partial charge on any atom is 0.0547 e. The van der Waals surface area contributed by atoms with Crippen LogP contribution in [0, 0.1) is 0 Å². The Labute approximate surface area is 115 Å². The van der Waals surface area contributed by atoms with Gasteiger partial charge in [-0.25, -0.2) is 0 Å². The molecule has 1 atom stereocenters. The van der Waals surface area contributed by atoms with Crippen LogP contribution in [-0.2, 0) is 13.5 Å². The summed E-state index contributed by atoms with van der Waals surface area (Å²) in [5.41, 5.74) is 3.88. The number of rotatable bonds is 2. The summed E-state index contributed by atoms with van der Waals surface area (Å²) in [5, 5.41) is 7.98. The Hall–Kier alpha value is -1.29. The lowest BCUT2D eigenvalue weighted by Gasteiger charge is -2.24. The van der Waals surface area contributed by atoms with Crippen LogP contribution in [0.5, 0.6) is 0 Å². The molecule has 0 radical (unpaired) electrons. The molecule has 0 bridgehead atoms. The van der Waals surface area contributed by atoms with E-state index in [1.165, 1.54) is 24.1 Å². The molecule has 0 saturated heterocycles. The molecule has 1 aliphatic rings. The number of benzene rings is 1. The van der Waals surface area contributed by atoms with Gasteiger partial charge in [0.15, 0.2) is 0 Å². The van der Waals surface area contributed by atoms with Crippen LogP contribution in [0.15, 0.2) is 34.9 Å². The average Bonchev–Trinajstić information content (AvgIpc) is 2.73. The van der Waals surface area contributed by atoms with Gasteiger partial charge in [0.25, 0.3) is 0 Å². The van der Waals surface area contributed by atoms with Crippen LogP contribution in [0.25, 0.3) is 0 Å². The average molecular weight is 306 g/mol. The van der Waals surface area contributed by atoms with Crippen LogP contribution < -0.4 is 5.32 Å². The van der Waals surface area contributed by atoms with Gasteiger partial charge < -0.3 is 5.32 Å². The van der Waals surface area contributed by atoms with Crippen LogP contribution in [0.2, 0.25) is 0 Å². The van der Waals surface area contributed by atoms with Crippen molar-refractivity contribution in [2.24, 2.45) is 7.05 Å². The number of aromatic nitrogens is 2. The van der Waals surface area contributed by atoms with E-state index in [-0.39, 0.29) is 0 Å². The highest BCUT2D eigenvalue weighted by atomic mass is 79.9. The van der Waals surface area contributed by atoms with E-state index in [4.69, 9.17) is 0 Å². The summed E-state index contributed by atoms with van der Waals surface area (Å²) in [5.74, 6) is 0. The minimum absolute atomic E-state index is 0.386. The minimum atomic E-state index is 0.386. The Balaban J connectivity index is 1.86. The highest BCUT2D eigenvalue weighted by Gasteiger charge is 2.23. The second-order valence-corrected chi connectivity index (χ2v) is 5.69. The first-order chi connectivity index (χ1) is 8.74. The Bertz CT molecular complexity index is 562. The summed E-state index contributed by atoms with van der Waals surface area (Å²) in [6.07, 6.45) is 5.54. The van der Waals surface area contributed by atoms with Gasteiger partial charge in [-0.05, 0) is 37.5 Å². The number of nitrogens with zero attached hydrogens (tertiary/aromatic N) is 2. The molecule has 1 unspecified atom stereocenters. The van der Waals surface area contributed by atoms with Gasteiger partial charge in [-0.2, -0.15) is 5.10 Å². The smallest absolute Gasteiger partial charge is 0.0547 e. The predicted molar refractivity (Wildman–Crippen MR) is 76.7 cm³/mol. The number of nitrogens with one attached hydrogen (secondary N) is 1. The van der Waals surface area contributed by atoms with E-state index in [1.807, 2.05) is 24.0 Å². The van der Waals surface area contributed by atoms with Crippen LogP contribution >= 0.6 is 15.9 Å². The van der Waals surface area contributed by atoms with Crippen molar-refractivity contribution in [3.8, 4) is 0 Å². The third-order valence-corrected chi connectivity index (χ3v) is 4.03. The summed E-state index contributed by atoms with van der Waals surface area (Å²) in [7, 11) is 2.03. The fourth-order valence-electron chi connectivity index (χ4n) is 2.64. The lowest BCUT2D eigenvalue weighted by Crippen LogP contribution is -2.17. The number of hydrogen-bond acceptors (Lipinski definition) is 2. The fourth-order valence-corrected chi connectivity index (χ4v) is 3.03. The Morgan fingerprint density at radius 1 is 1.44 bits per heavy atom. The van der Waals surface area contributed by atoms with Gasteiger partial charge in [-0.15, -0.1) is 0 Å². The Morgan fingerprint density at radius 3 is 3.17 bits per heavy atom. The molecule has 0 fully saturated rings. The van der Waals surface area contributed by atoms with E-state index in [2.05, 4.69) is 44.5 Å². The SMILES string of the molecule is Cn1ncc2c1CCCC2Nc1cccc(Br)c1. The van der Waals surface area contributed by atoms with Gasteiger partial charge in [0.2, 0.25) is 0 Å². The van der Waals surface area contributed by atoms with Crippen molar-refractivity contribution in [3.63, 3.8) is 0 Å². The van der Waals surface area contributed by atoms with E-state index in [1.54, 1.807) is 0 Å². The number of halogens is 1. The minimum Gasteiger partial charge on any atom is -0.378 e. The molecule has 3 rings (SSSR count). The largest absolute Gasteiger partial charge is 0.378 e. The molecule has 0 aliphatic heterocycles. The molecule has 0 amide bonds. The Kier molecular flexibility index (Phi) is 3.12. The van der Waals surface area contributed by atoms with E-state index >= 15 is 0 Å². The molecular formula is C14H16BrN3. The lowest BCUT2D eigenvalue weighted by molar-refractivity contribution is 0.571. The summed E-state index contributed by atoms with van der Waals surface area (Å²) in [4.78, 5) is 0. The third-order valence-electron chi connectivity index (χ3n) is 3.54. The van der Waals surface area contributed by atoms with Crippen LogP contribution in [0.3, 0.4) is 0 Å². The first kappa shape index (κ1) is 11.8. The number of fused-ring (bicyclic) bond motifs is 1. The highest BCUT2D eigenvalue weighted by Crippen LogP contribution is 2.32. The number of anilines is 1. The van der Waals surface area contributed by atoms with Crippen molar-refractivity contribution in [1.82, 2.24) is 9.78 Å². The van der Waals surface area contributed by atoms with E-state index in [0.29, 0.717) is 6.04 Å². The third kappa shape index (κ3) is 2.17. The second kappa shape index (κ2) is 4.76. The molecule has 1 aromatic carbocycles. The van der Waals surface area contributed by atoms with Gasteiger partial charge >= 0.3 is 0 Å². The van der Waals surface area contributed by atoms with Gasteiger partial charge in [0.05, 0.1) is 12.2 Å². The fraction of sp³-hybridized carbons (Fsp3) is 0.357. The Morgan fingerprint density at radius 2 is 2.33 bits per heavy atom. The van der Waals surface area contributed by atoms with Crippen LogP contribution in [0.4, 0.5) is 5.69 Å². The molecule has 0 spiro atoms. The molecule has 1 heterocycles. The van der Waals surface area contributed by atoms with Crippen molar-refractivity contribution >= 4 is 21.6 Å². The topological polar surface area (TPSA) is 29.9 Å². The summed E-state index contributed by atoms with van der Waals surface area (Å²) in [6.45, 7) is 0. The first-order valence-corrected chi connectivity index (χ1v) is 7.06. The standard InChI is InChI=1S/C14H16BrN3/c1-18-14-7-3-6-13(12(14)9-16-18)17-11-5-2-4-10(15)8-11/h2,4-5,8-9,13,17H,3,6-7H2,1H3. The zero-order chi connectivity index (χ0) is 12.5. The maximum absolute atomic E-state index is 4.38. The molecule has 1 N–H and O–H groups in total. The molecule has 3 nitrogen and oxygen atoms in total. The zero-order valence-electron chi connectivity index (χ0n) is 10.4. The monoisotopic (exact) mass is 305 g/mol. The molecule has 2 aromatic rings. The first-order valence-electron chi connectivity index (χ1n) is 6.27. The molecule has 0 saturated carbocycles. The van der Waals surface area contributed by atoms with Gasteiger partial charge in [-0.3, -0.25) is 4.68 Å². The van der Waals surface area contributed by atoms with Crippen LogP contribution in [-0.4, -0.2) is 9.78 Å². The number of aryl methyl sites for hydroxylation is 1. The van der Waals surface area contributed by atoms with Crippen molar-refractivity contribution in [2.45, 2.75) is 25.3 Å². The van der Waals surface area contributed by atoms with E-state index in [9.17, 15) is 0 Å². The van der Waals surface area contributed by atoms with Crippen LogP contribution in [0.1, 0.15) is 30.1 Å². The second-order valence-electron chi connectivity index (χ2n) is 4.77. The van der Waals surface area contributed by atoms with Crippen molar-refractivity contribution in [2.75, 3.05) is 5.32 Å². The predicted octanol–water partition coefficient (Wildman–Crippen LogP) is 3.67. The normalized spacial score (nSPS) is 18.4. The lowest BCUT2D eigenvalue weighted by atomic mass is 9.93. The maximum atomic E-state index is 4.38. The van der Waals surface area contributed by atoms with Gasteiger partial charge in [-0.1, -0.05) is 22.0 Å². The van der Waals surface area contributed by atoms with Gasteiger partial charge in [0.1, 0.15) is 0 Å².